The highest BCUT2D eigenvalue weighted by Crippen LogP contribution is 2.48. The van der Waals surface area contributed by atoms with Gasteiger partial charge >= 0.3 is 5.97 Å². The molecule has 2 aliphatic rings. The van der Waals surface area contributed by atoms with E-state index in [0.717, 1.165) is 6.42 Å². The standard InChI is InChI=1S/C14H20O2/c1-14(2)9-3-4-12(14)10-5-7-11(8-6-10)13(15)16/h5,7,12H,3-4,6,8-9H2,1-2H3,(H,15,16). The van der Waals surface area contributed by atoms with E-state index in [1.807, 2.05) is 0 Å². The Morgan fingerprint density at radius 2 is 2.12 bits per heavy atom. The third-order valence-corrected chi connectivity index (χ3v) is 4.16. The molecular formula is C14H20O2. The highest BCUT2D eigenvalue weighted by atomic mass is 16.4. The molecule has 2 aliphatic carbocycles. The van der Waals surface area contributed by atoms with Crippen molar-refractivity contribution >= 4 is 5.97 Å². The number of carbonyl (C=O) groups is 1. The Kier molecular flexibility index (Phi) is 2.92. The number of carboxylic acid groups (broad SMARTS) is 1. The van der Waals surface area contributed by atoms with Gasteiger partial charge < -0.3 is 5.11 Å². The summed E-state index contributed by atoms with van der Waals surface area (Å²) in [6, 6.07) is 0. The van der Waals surface area contributed by atoms with Crippen LogP contribution in [0.15, 0.2) is 23.3 Å². The van der Waals surface area contributed by atoms with Crippen LogP contribution in [0.2, 0.25) is 0 Å². The average molecular weight is 220 g/mol. The first-order chi connectivity index (χ1) is 7.50. The molecular weight excluding hydrogens is 200 g/mol. The van der Waals surface area contributed by atoms with Crippen LogP contribution in [0.25, 0.3) is 0 Å². The van der Waals surface area contributed by atoms with E-state index < -0.39 is 5.97 Å². The minimum Gasteiger partial charge on any atom is -0.478 e. The topological polar surface area (TPSA) is 37.3 Å². The molecule has 0 heterocycles. The van der Waals surface area contributed by atoms with Gasteiger partial charge in [0.1, 0.15) is 0 Å². The fourth-order valence-electron chi connectivity index (χ4n) is 3.14. The molecule has 0 spiro atoms. The maximum atomic E-state index is 10.8. The monoisotopic (exact) mass is 220 g/mol. The Hall–Kier alpha value is -1.05. The first-order valence-electron chi connectivity index (χ1n) is 6.13. The summed E-state index contributed by atoms with van der Waals surface area (Å²) in [7, 11) is 0. The smallest absolute Gasteiger partial charge is 0.331 e. The van der Waals surface area contributed by atoms with Gasteiger partial charge in [-0.05, 0) is 37.0 Å². The van der Waals surface area contributed by atoms with Crippen LogP contribution >= 0.6 is 0 Å². The van der Waals surface area contributed by atoms with Gasteiger partial charge in [0.05, 0.1) is 0 Å². The third-order valence-electron chi connectivity index (χ3n) is 4.16. The predicted octanol–water partition coefficient (Wildman–Crippen LogP) is 3.54. The van der Waals surface area contributed by atoms with Crippen molar-refractivity contribution in [3.63, 3.8) is 0 Å². The molecule has 0 amide bonds. The van der Waals surface area contributed by atoms with Gasteiger partial charge in [-0.3, -0.25) is 0 Å². The van der Waals surface area contributed by atoms with E-state index in [1.165, 1.54) is 24.8 Å². The molecule has 2 nitrogen and oxygen atoms in total. The zero-order valence-electron chi connectivity index (χ0n) is 10.1. The number of carboxylic acids is 1. The number of hydrogen-bond donors (Lipinski definition) is 1. The molecule has 88 valence electrons. The molecule has 0 aromatic rings. The predicted molar refractivity (Wildman–Crippen MR) is 64.2 cm³/mol. The summed E-state index contributed by atoms with van der Waals surface area (Å²) in [6.07, 6.45) is 9.38. The lowest BCUT2D eigenvalue weighted by molar-refractivity contribution is -0.132. The van der Waals surface area contributed by atoms with Gasteiger partial charge in [0, 0.05) is 5.57 Å². The number of aliphatic carboxylic acids is 1. The summed E-state index contributed by atoms with van der Waals surface area (Å²) >= 11 is 0. The van der Waals surface area contributed by atoms with Gasteiger partial charge in [-0.2, -0.15) is 0 Å². The fourth-order valence-corrected chi connectivity index (χ4v) is 3.14. The van der Waals surface area contributed by atoms with Gasteiger partial charge in [-0.25, -0.2) is 4.79 Å². The first-order valence-corrected chi connectivity index (χ1v) is 6.13. The van der Waals surface area contributed by atoms with Crippen molar-refractivity contribution in [3.05, 3.63) is 23.3 Å². The third kappa shape index (κ3) is 2.06. The van der Waals surface area contributed by atoms with Crippen LogP contribution < -0.4 is 0 Å². The molecule has 1 unspecified atom stereocenters. The van der Waals surface area contributed by atoms with Crippen LogP contribution in [-0.4, -0.2) is 11.1 Å². The van der Waals surface area contributed by atoms with Crippen LogP contribution in [0.1, 0.15) is 46.0 Å². The van der Waals surface area contributed by atoms with Crippen molar-refractivity contribution in [2.24, 2.45) is 11.3 Å². The molecule has 1 atom stereocenters. The van der Waals surface area contributed by atoms with Gasteiger partial charge in [-0.15, -0.1) is 0 Å². The molecule has 0 saturated heterocycles. The van der Waals surface area contributed by atoms with E-state index in [4.69, 9.17) is 5.11 Å². The Morgan fingerprint density at radius 1 is 1.38 bits per heavy atom. The molecule has 0 aromatic heterocycles. The minimum absolute atomic E-state index is 0.403. The summed E-state index contributed by atoms with van der Waals surface area (Å²) in [5.41, 5.74) is 2.42. The van der Waals surface area contributed by atoms with Crippen molar-refractivity contribution in [2.45, 2.75) is 46.0 Å². The van der Waals surface area contributed by atoms with Crippen LogP contribution in [0.4, 0.5) is 0 Å². The maximum Gasteiger partial charge on any atom is 0.331 e. The lowest BCUT2D eigenvalue weighted by atomic mass is 9.75. The van der Waals surface area contributed by atoms with Crippen molar-refractivity contribution in [2.75, 3.05) is 0 Å². The zero-order valence-corrected chi connectivity index (χ0v) is 10.1. The second-order valence-corrected chi connectivity index (χ2v) is 5.67. The van der Waals surface area contributed by atoms with Crippen LogP contribution in [0.5, 0.6) is 0 Å². The maximum absolute atomic E-state index is 10.8. The largest absolute Gasteiger partial charge is 0.478 e. The molecule has 0 bridgehead atoms. The summed E-state index contributed by atoms with van der Waals surface area (Å²) in [5, 5.41) is 8.89. The highest BCUT2D eigenvalue weighted by molar-refractivity contribution is 5.87. The molecule has 1 saturated carbocycles. The molecule has 0 radical (unpaired) electrons. The Labute approximate surface area is 97.0 Å². The molecule has 2 rings (SSSR count). The Morgan fingerprint density at radius 3 is 2.56 bits per heavy atom. The van der Waals surface area contributed by atoms with Crippen molar-refractivity contribution < 1.29 is 9.90 Å². The summed E-state index contributed by atoms with van der Waals surface area (Å²) < 4.78 is 0. The molecule has 2 heteroatoms. The minimum atomic E-state index is -0.763. The Balaban J connectivity index is 2.16. The van der Waals surface area contributed by atoms with Gasteiger partial charge in [-0.1, -0.05) is 38.0 Å². The van der Waals surface area contributed by atoms with E-state index in [9.17, 15) is 4.79 Å². The van der Waals surface area contributed by atoms with Gasteiger partial charge in [0.2, 0.25) is 0 Å². The zero-order chi connectivity index (χ0) is 11.8. The molecule has 16 heavy (non-hydrogen) atoms. The number of allylic oxidation sites excluding steroid dienone is 3. The van der Waals surface area contributed by atoms with E-state index in [2.05, 4.69) is 19.9 Å². The van der Waals surface area contributed by atoms with E-state index in [1.54, 1.807) is 6.08 Å². The van der Waals surface area contributed by atoms with Gasteiger partial charge in [0.25, 0.3) is 0 Å². The normalized spacial score (nSPS) is 28.5. The lowest BCUT2D eigenvalue weighted by Crippen LogP contribution is -2.20. The second-order valence-electron chi connectivity index (χ2n) is 5.67. The fraction of sp³-hybridized carbons (Fsp3) is 0.643. The van der Waals surface area contributed by atoms with E-state index in [-0.39, 0.29) is 0 Å². The summed E-state index contributed by atoms with van der Waals surface area (Å²) in [5.74, 6) is -0.0972. The molecule has 1 fully saturated rings. The second kappa shape index (κ2) is 4.08. The van der Waals surface area contributed by atoms with Crippen LogP contribution in [-0.2, 0) is 4.79 Å². The highest BCUT2D eigenvalue weighted by Gasteiger charge is 2.36. The molecule has 1 N–H and O–H groups in total. The van der Waals surface area contributed by atoms with Crippen molar-refractivity contribution in [1.29, 1.82) is 0 Å². The quantitative estimate of drug-likeness (QED) is 0.772. The summed E-state index contributed by atoms with van der Waals surface area (Å²) in [4.78, 5) is 10.8. The van der Waals surface area contributed by atoms with Crippen molar-refractivity contribution in [3.8, 4) is 0 Å². The summed E-state index contributed by atoms with van der Waals surface area (Å²) in [6.45, 7) is 4.67. The first kappa shape index (κ1) is 11.4. The number of hydrogen-bond acceptors (Lipinski definition) is 1. The van der Waals surface area contributed by atoms with Crippen LogP contribution in [0, 0.1) is 11.3 Å². The van der Waals surface area contributed by atoms with Crippen LogP contribution in [0.3, 0.4) is 0 Å². The van der Waals surface area contributed by atoms with E-state index >= 15 is 0 Å². The van der Waals surface area contributed by atoms with Crippen molar-refractivity contribution in [1.82, 2.24) is 0 Å². The SMILES string of the molecule is CC1(C)CCCC1C1=CC=C(C(=O)O)CC1. The lowest BCUT2D eigenvalue weighted by Gasteiger charge is -2.30. The van der Waals surface area contributed by atoms with E-state index in [0.29, 0.717) is 23.3 Å². The van der Waals surface area contributed by atoms with Gasteiger partial charge in [0.15, 0.2) is 0 Å². The Bertz CT molecular complexity index is 361. The number of rotatable bonds is 2. The molecule has 0 aromatic carbocycles. The molecule has 0 aliphatic heterocycles. The average Bonchev–Trinajstić information content (AvgIpc) is 2.58.